The number of benzene rings is 2. The number of carbonyl (C=O) groups is 1. The number of para-hydroxylation sites is 1. The van der Waals surface area contributed by atoms with Gasteiger partial charge in [0.25, 0.3) is 0 Å². The van der Waals surface area contributed by atoms with Gasteiger partial charge in [-0.15, -0.1) is 11.3 Å². The van der Waals surface area contributed by atoms with Crippen LogP contribution in [0.1, 0.15) is 5.56 Å². The van der Waals surface area contributed by atoms with Crippen molar-refractivity contribution >= 4 is 34.1 Å². The summed E-state index contributed by atoms with van der Waals surface area (Å²) in [5.74, 6) is 0.930. The Morgan fingerprint density at radius 1 is 1.17 bits per heavy atom. The molecule has 1 N–H and O–H groups in total. The largest absolute Gasteiger partial charge is 0.497 e. The van der Waals surface area contributed by atoms with E-state index in [1.165, 1.54) is 23.1 Å². The number of methoxy groups -OCH3 is 1. The van der Waals surface area contributed by atoms with Gasteiger partial charge in [-0.1, -0.05) is 30.0 Å². The molecule has 2 heterocycles. The number of aromatic nitrogens is 3. The lowest BCUT2D eigenvalue weighted by Crippen LogP contribution is -2.14. The van der Waals surface area contributed by atoms with Gasteiger partial charge in [-0.2, -0.15) is 0 Å². The van der Waals surface area contributed by atoms with Crippen LogP contribution in [0.5, 0.6) is 5.75 Å². The van der Waals surface area contributed by atoms with Gasteiger partial charge in [0, 0.05) is 17.1 Å². The van der Waals surface area contributed by atoms with Crippen LogP contribution in [0.15, 0.2) is 71.5 Å². The third-order valence-corrected chi connectivity index (χ3v) is 6.12. The summed E-state index contributed by atoms with van der Waals surface area (Å²) in [6.45, 7) is 2.07. The molecule has 0 saturated carbocycles. The molecule has 0 unspecified atom stereocenters. The number of imidazole rings is 1. The van der Waals surface area contributed by atoms with Crippen molar-refractivity contribution in [1.29, 1.82) is 0 Å². The Morgan fingerprint density at radius 2 is 1.97 bits per heavy atom. The van der Waals surface area contributed by atoms with E-state index >= 15 is 0 Å². The highest BCUT2D eigenvalue weighted by atomic mass is 32.2. The molecule has 4 rings (SSSR count). The minimum atomic E-state index is -0.111. The van der Waals surface area contributed by atoms with E-state index in [9.17, 15) is 4.79 Å². The zero-order chi connectivity index (χ0) is 20.9. The van der Waals surface area contributed by atoms with Crippen LogP contribution >= 0.6 is 23.1 Å². The van der Waals surface area contributed by atoms with Crippen molar-refractivity contribution in [2.45, 2.75) is 12.1 Å². The maximum Gasteiger partial charge on any atom is 0.236 e. The Labute approximate surface area is 183 Å². The molecular formula is C22H20N4O2S2. The molecule has 0 radical (unpaired) electrons. The molecule has 0 atom stereocenters. The molecule has 152 valence electrons. The topological polar surface area (TPSA) is 69.0 Å². The van der Waals surface area contributed by atoms with Crippen LogP contribution in [0.2, 0.25) is 0 Å². The van der Waals surface area contributed by atoms with Crippen LogP contribution < -0.4 is 10.1 Å². The summed E-state index contributed by atoms with van der Waals surface area (Å²) >= 11 is 2.79. The molecule has 6 nitrogen and oxygen atoms in total. The molecule has 2 aromatic heterocycles. The predicted molar refractivity (Wildman–Crippen MR) is 122 cm³/mol. The van der Waals surface area contributed by atoms with Gasteiger partial charge < -0.3 is 10.1 Å². The van der Waals surface area contributed by atoms with E-state index in [0.717, 1.165) is 33.4 Å². The van der Waals surface area contributed by atoms with E-state index in [-0.39, 0.29) is 11.7 Å². The molecule has 0 fully saturated rings. The van der Waals surface area contributed by atoms with Crippen molar-refractivity contribution in [3.05, 3.63) is 71.9 Å². The minimum absolute atomic E-state index is 0.111. The average molecular weight is 437 g/mol. The van der Waals surface area contributed by atoms with Crippen molar-refractivity contribution < 1.29 is 9.53 Å². The minimum Gasteiger partial charge on any atom is -0.497 e. The first-order chi connectivity index (χ1) is 14.7. The lowest BCUT2D eigenvalue weighted by atomic mass is 10.1. The molecule has 0 aliphatic heterocycles. The highest BCUT2D eigenvalue weighted by Gasteiger charge is 2.17. The molecule has 8 heteroatoms. The quantitative estimate of drug-likeness (QED) is 0.411. The number of nitrogens with zero attached hydrogens (tertiary/aromatic N) is 3. The Kier molecular flexibility index (Phi) is 6.15. The summed E-state index contributed by atoms with van der Waals surface area (Å²) in [7, 11) is 1.65. The predicted octanol–water partition coefficient (Wildman–Crippen LogP) is 5.04. The fourth-order valence-electron chi connectivity index (χ4n) is 3.02. The highest BCUT2D eigenvalue weighted by molar-refractivity contribution is 7.99. The van der Waals surface area contributed by atoms with Crippen LogP contribution in [-0.4, -0.2) is 33.3 Å². The van der Waals surface area contributed by atoms with E-state index in [0.29, 0.717) is 5.13 Å². The van der Waals surface area contributed by atoms with Crippen molar-refractivity contribution in [3.63, 3.8) is 0 Å². The highest BCUT2D eigenvalue weighted by Crippen LogP contribution is 2.32. The zero-order valence-corrected chi connectivity index (χ0v) is 18.2. The van der Waals surface area contributed by atoms with Gasteiger partial charge in [0.15, 0.2) is 10.3 Å². The number of amides is 1. The summed E-state index contributed by atoms with van der Waals surface area (Å²) in [6, 6.07) is 16.0. The number of thioether (sulfide) groups is 1. The van der Waals surface area contributed by atoms with Gasteiger partial charge in [0.05, 0.1) is 30.4 Å². The summed E-state index contributed by atoms with van der Waals surface area (Å²) in [6.07, 6.45) is 3.51. The molecule has 30 heavy (non-hydrogen) atoms. The van der Waals surface area contributed by atoms with E-state index in [4.69, 9.17) is 4.74 Å². The lowest BCUT2D eigenvalue weighted by molar-refractivity contribution is -0.113. The Morgan fingerprint density at radius 3 is 2.67 bits per heavy atom. The first-order valence-electron chi connectivity index (χ1n) is 9.26. The second-order valence-corrected chi connectivity index (χ2v) is 8.29. The standard InChI is InChI=1S/C22H20N4O2S2/c1-15-5-3-4-6-18(15)26-19(16-7-9-17(28-2)10-8-16)13-24-22(26)30-14-20(27)25-21-23-11-12-29-21/h3-13H,14H2,1-2H3,(H,23,25,27). The van der Waals surface area contributed by atoms with Crippen LogP contribution in [0.25, 0.3) is 16.9 Å². The maximum absolute atomic E-state index is 12.3. The van der Waals surface area contributed by atoms with Crippen molar-refractivity contribution in [2.24, 2.45) is 0 Å². The smallest absolute Gasteiger partial charge is 0.236 e. The summed E-state index contributed by atoms with van der Waals surface area (Å²) < 4.78 is 7.37. The molecule has 0 spiro atoms. The number of ether oxygens (including phenoxy) is 1. The number of hydrogen-bond acceptors (Lipinski definition) is 6. The van der Waals surface area contributed by atoms with Crippen molar-refractivity contribution in [1.82, 2.24) is 14.5 Å². The number of nitrogens with one attached hydrogen (secondary N) is 1. The van der Waals surface area contributed by atoms with Gasteiger partial charge >= 0.3 is 0 Å². The van der Waals surface area contributed by atoms with Crippen LogP contribution in [0.4, 0.5) is 5.13 Å². The third-order valence-electron chi connectivity index (χ3n) is 4.48. The number of hydrogen-bond donors (Lipinski definition) is 1. The molecule has 0 aliphatic rings. The van der Waals surface area contributed by atoms with Gasteiger partial charge in [-0.25, -0.2) is 9.97 Å². The van der Waals surface area contributed by atoms with Crippen LogP contribution in [-0.2, 0) is 4.79 Å². The maximum atomic E-state index is 12.3. The van der Waals surface area contributed by atoms with Gasteiger partial charge in [-0.3, -0.25) is 9.36 Å². The number of rotatable bonds is 7. The number of aryl methyl sites for hydroxylation is 1. The molecule has 1 amide bonds. The Balaban J connectivity index is 1.65. The number of thiazole rings is 1. The van der Waals surface area contributed by atoms with Crippen molar-refractivity contribution in [3.8, 4) is 22.7 Å². The second kappa shape index (κ2) is 9.15. The third kappa shape index (κ3) is 4.39. The second-order valence-electron chi connectivity index (χ2n) is 6.45. The molecule has 2 aromatic carbocycles. The summed E-state index contributed by atoms with van der Waals surface area (Å²) in [4.78, 5) is 21.0. The van der Waals surface area contributed by atoms with Gasteiger partial charge in [0.2, 0.25) is 5.91 Å². The van der Waals surface area contributed by atoms with E-state index in [2.05, 4.69) is 38.9 Å². The molecular weight excluding hydrogens is 416 g/mol. The van der Waals surface area contributed by atoms with E-state index in [1.54, 1.807) is 13.3 Å². The van der Waals surface area contributed by atoms with Crippen LogP contribution in [0.3, 0.4) is 0 Å². The SMILES string of the molecule is COc1ccc(-c2cnc(SCC(=O)Nc3nccs3)n2-c2ccccc2C)cc1. The van der Waals surface area contributed by atoms with Gasteiger partial charge in [0.1, 0.15) is 5.75 Å². The fraction of sp³-hybridized carbons (Fsp3) is 0.136. The summed E-state index contributed by atoms with van der Waals surface area (Å²) in [5.41, 5.74) is 4.13. The fourth-order valence-corrected chi connectivity index (χ4v) is 4.35. The molecule has 0 saturated heterocycles. The van der Waals surface area contributed by atoms with Crippen LogP contribution in [0, 0.1) is 6.92 Å². The Bertz CT molecular complexity index is 1140. The normalized spacial score (nSPS) is 10.7. The van der Waals surface area contributed by atoms with Gasteiger partial charge in [-0.05, 0) is 42.8 Å². The zero-order valence-electron chi connectivity index (χ0n) is 16.5. The van der Waals surface area contributed by atoms with E-state index < -0.39 is 0 Å². The number of anilines is 1. The lowest BCUT2D eigenvalue weighted by Gasteiger charge is -2.14. The molecule has 0 aliphatic carbocycles. The van der Waals surface area contributed by atoms with E-state index in [1.807, 2.05) is 48.0 Å². The summed E-state index contributed by atoms with van der Waals surface area (Å²) in [5, 5.41) is 5.99. The average Bonchev–Trinajstić information content (AvgIpc) is 3.42. The monoisotopic (exact) mass is 436 g/mol. The van der Waals surface area contributed by atoms with Crippen molar-refractivity contribution in [2.75, 3.05) is 18.2 Å². The first kappa shape index (κ1) is 20.2. The Hall–Kier alpha value is -3.10. The molecule has 4 aromatic rings. The number of carbonyl (C=O) groups excluding carboxylic acids is 1. The molecule has 0 bridgehead atoms. The first-order valence-corrected chi connectivity index (χ1v) is 11.1.